The number of halogens is 5. The van der Waals surface area contributed by atoms with Crippen LogP contribution in [-0.2, 0) is 27.3 Å². The van der Waals surface area contributed by atoms with Crippen LogP contribution in [0, 0.1) is 0 Å². The van der Waals surface area contributed by atoms with Crippen molar-refractivity contribution < 1.29 is 44.6 Å². The van der Waals surface area contributed by atoms with Crippen LogP contribution < -0.4 is 15.0 Å². The minimum atomic E-state index is -4.49. The standard InChI is InChI=1S/C29H31F5N4O5S/c1-3-28(30,31)42-18-22-13-24(43-23-9-6-20(7-10-23)29(32,33)34)17-38(22)26-12-5-19(14-36-26)27(39)37-15-21-8-11-25(16-35-21)44(40,41)4-2/h5-12,14,16,22,24H,3-4,13,15,17-18H2,1-2H3,(H,37,39)/t22-,24?/m0/s1. The Hall–Kier alpha value is -3.85. The van der Waals surface area contributed by atoms with Crippen molar-refractivity contribution in [1.29, 1.82) is 0 Å². The molecular formula is C29H31F5N4O5S. The van der Waals surface area contributed by atoms with Gasteiger partial charge in [0, 0.05) is 25.2 Å². The van der Waals surface area contributed by atoms with Gasteiger partial charge in [0.2, 0.25) is 0 Å². The van der Waals surface area contributed by atoms with Crippen LogP contribution in [0.2, 0.25) is 0 Å². The van der Waals surface area contributed by atoms with Crippen molar-refractivity contribution in [3.63, 3.8) is 0 Å². The van der Waals surface area contributed by atoms with E-state index in [1.807, 2.05) is 0 Å². The van der Waals surface area contributed by atoms with Gasteiger partial charge in [0.25, 0.3) is 5.91 Å². The highest BCUT2D eigenvalue weighted by atomic mass is 32.2. The van der Waals surface area contributed by atoms with Crippen LogP contribution in [0.15, 0.2) is 65.8 Å². The second kappa shape index (κ2) is 13.4. The topological polar surface area (TPSA) is 111 Å². The van der Waals surface area contributed by atoms with Crippen LogP contribution in [0.25, 0.3) is 0 Å². The number of nitrogens with one attached hydrogen (secondary N) is 1. The van der Waals surface area contributed by atoms with Crippen molar-refractivity contribution in [3.8, 4) is 5.75 Å². The van der Waals surface area contributed by atoms with Gasteiger partial charge in [-0.3, -0.25) is 9.78 Å². The fraction of sp³-hybridized carbons (Fsp3) is 0.414. The Kier molecular flexibility index (Phi) is 10.1. The number of hydrogen-bond acceptors (Lipinski definition) is 8. The molecule has 4 rings (SSSR count). The molecule has 1 fully saturated rings. The predicted molar refractivity (Wildman–Crippen MR) is 150 cm³/mol. The molecule has 3 heterocycles. The van der Waals surface area contributed by atoms with E-state index in [-0.39, 0.29) is 48.1 Å². The maximum absolute atomic E-state index is 13.9. The van der Waals surface area contributed by atoms with E-state index in [1.54, 1.807) is 11.0 Å². The summed E-state index contributed by atoms with van der Waals surface area (Å²) in [7, 11) is -3.40. The molecule has 0 bridgehead atoms. The van der Waals surface area contributed by atoms with Gasteiger partial charge in [0.1, 0.15) is 17.7 Å². The molecule has 0 radical (unpaired) electrons. The van der Waals surface area contributed by atoms with Gasteiger partial charge in [-0.15, -0.1) is 0 Å². The number of nitrogens with zero attached hydrogens (tertiary/aromatic N) is 3. The number of pyridine rings is 2. The largest absolute Gasteiger partial charge is 0.489 e. The Morgan fingerprint density at radius 2 is 1.73 bits per heavy atom. The lowest BCUT2D eigenvalue weighted by Crippen LogP contribution is -2.36. The summed E-state index contributed by atoms with van der Waals surface area (Å²) in [4.78, 5) is 22.9. The number of rotatable bonds is 12. The van der Waals surface area contributed by atoms with E-state index in [0.717, 1.165) is 12.1 Å². The van der Waals surface area contributed by atoms with Crippen LogP contribution >= 0.6 is 0 Å². The summed E-state index contributed by atoms with van der Waals surface area (Å²) in [6, 6.07) is 9.58. The molecule has 0 aliphatic carbocycles. The Balaban J connectivity index is 1.42. The molecule has 1 saturated heterocycles. The van der Waals surface area contributed by atoms with Crippen molar-refractivity contribution in [2.75, 3.05) is 23.8 Å². The number of aromatic nitrogens is 2. The van der Waals surface area contributed by atoms with Crippen molar-refractivity contribution >= 4 is 21.6 Å². The van der Waals surface area contributed by atoms with Gasteiger partial charge in [-0.1, -0.05) is 13.8 Å². The summed E-state index contributed by atoms with van der Waals surface area (Å²) in [6.45, 7) is 2.67. The monoisotopic (exact) mass is 642 g/mol. The molecule has 2 aromatic heterocycles. The summed E-state index contributed by atoms with van der Waals surface area (Å²) >= 11 is 0. The molecule has 3 aromatic rings. The van der Waals surface area contributed by atoms with Crippen molar-refractivity contribution in [2.45, 2.75) is 62.6 Å². The molecule has 0 saturated carbocycles. The molecule has 238 valence electrons. The third kappa shape index (κ3) is 8.40. The smallest absolute Gasteiger partial charge is 0.416 e. The molecule has 9 nitrogen and oxygen atoms in total. The molecule has 2 atom stereocenters. The SMILES string of the molecule is CCC(F)(F)OC[C@@H]1CC(Oc2ccc(C(F)(F)F)cc2)CN1c1ccc(C(=O)NCc2ccc(S(=O)(=O)CC)cn2)cn1. The molecular weight excluding hydrogens is 611 g/mol. The first-order chi connectivity index (χ1) is 20.7. The van der Waals surface area contributed by atoms with E-state index >= 15 is 0 Å². The van der Waals surface area contributed by atoms with Gasteiger partial charge in [0.15, 0.2) is 9.84 Å². The fourth-order valence-electron chi connectivity index (χ4n) is 4.46. The van der Waals surface area contributed by atoms with Gasteiger partial charge >= 0.3 is 12.3 Å². The van der Waals surface area contributed by atoms with E-state index in [1.165, 1.54) is 56.6 Å². The summed E-state index contributed by atoms with van der Waals surface area (Å²) in [5, 5.41) is 2.68. The average molecular weight is 643 g/mol. The first-order valence-corrected chi connectivity index (χ1v) is 15.4. The second-order valence-corrected chi connectivity index (χ2v) is 12.4. The molecule has 1 N–H and O–H groups in total. The molecule has 1 amide bonds. The van der Waals surface area contributed by atoms with Gasteiger partial charge < -0.3 is 19.7 Å². The summed E-state index contributed by atoms with van der Waals surface area (Å²) in [5.74, 6) is 0.0303. The zero-order chi connectivity index (χ0) is 32.1. The maximum atomic E-state index is 13.9. The van der Waals surface area contributed by atoms with E-state index in [0.29, 0.717) is 11.5 Å². The minimum Gasteiger partial charge on any atom is -0.489 e. The lowest BCUT2D eigenvalue weighted by molar-refractivity contribution is -0.241. The van der Waals surface area contributed by atoms with E-state index < -0.39 is 52.2 Å². The third-order valence-electron chi connectivity index (χ3n) is 7.03. The number of amides is 1. The highest BCUT2D eigenvalue weighted by Crippen LogP contribution is 2.33. The molecule has 1 aliphatic rings. The Bertz CT molecular complexity index is 1520. The predicted octanol–water partition coefficient (Wildman–Crippen LogP) is 5.26. The maximum Gasteiger partial charge on any atom is 0.416 e. The number of ether oxygens (including phenoxy) is 2. The van der Waals surface area contributed by atoms with E-state index in [4.69, 9.17) is 9.47 Å². The quantitative estimate of drug-likeness (QED) is 0.267. The number of alkyl halides is 5. The van der Waals surface area contributed by atoms with Crippen LogP contribution in [0.1, 0.15) is 48.3 Å². The third-order valence-corrected chi connectivity index (χ3v) is 8.75. The van der Waals surface area contributed by atoms with E-state index in [9.17, 15) is 35.2 Å². The highest BCUT2D eigenvalue weighted by Gasteiger charge is 2.38. The zero-order valence-electron chi connectivity index (χ0n) is 23.9. The Morgan fingerprint density at radius 1 is 1.00 bits per heavy atom. The van der Waals surface area contributed by atoms with Crippen LogP contribution in [0.3, 0.4) is 0 Å². The van der Waals surface area contributed by atoms with Gasteiger partial charge in [-0.2, -0.15) is 22.0 Å². The number of carbonyl (C=O) groups excluding carboxylic acids is 1. The van der Waals surface area contributed by atoms with Crippen LogP contribution in [0.4, 0.5) is 27.8 Å². The van der Waals surface area contributed by atoms with Crippen LogP contribution in [-0.4, -0.2) is 61.5 Å². The fourth-order valence-corrected chi connectivity index (χ4v) is 5.28. The molecule has 1 aliphatic heterocycles. The van der Waals surface area contributed by atoms with E-state index in [2.05, 4.69) is 15.3 Å². The molecule has 0 spiro atoms. The number of sulfone groups is 1. The lowest BCUT2D eigenvalue weighted by atomic mass is 10.2. The second-order valence-electron chi connectivity index (χ2n) is 10.1. The molecule has 1 aromatic carbocycles. The Labute approximate surface area is 251 Å². The number of carbonyl (C=O) groups is 1. The summed E-state index contributed by atoms with van der Waals surface area (Å²) < 4.78 is 101. The number of hydrogen-bond donors (Lipinski definition) is 1. The van der Waals surface area contributed by atoms with Gasteiger partial charge in [0.05, 0.1) is 53.2 Å². The number of benzene rings is 1. The Morgan fingerprint density at radius 3 is 2.30 bits per heavy atom. The van der Waals surface area contributed by atoms with Crippen molar-refractivity contribution in [3.05, 3.63) is 77.7 Å². The minimum absolute atomic E-state index is 0.0349. The van der Waals surface area contributed by atoms with Crippen LogP contribution in [0.5, 0.6) is 5.75 Å². The number of anilines is 1. The average Bonchev–Trinajstić information content (AvgIpc) is 3.41. The normalized spacial score (nSPS) is 17.5. The van der Waals surface area contributed by atoms with Crippen molar-refractivity contribution in [2.24, 2.45) is 0 Å². The lowest BCUT2D eigenvalue weighted by Gasteiger charge is -2.26. The van der Waals surface area contributed by atoms with Gasteiger partial charge in [-0.05, 0) is 48.5 Å². The molecule has 44 heavy (non-hydrogen) atoms. The molecule has 15 heteroatoms. The highest BCUT2D eigenvalue weighted by molar-refractivity contribution is 7.91. The van der Waals surface area contributed by atoms with Gasteiger partial charge in [-0.25, -0.2) is 13.4 Å². The zero-order valence-corrected chi connectivity index (χ0v) is 24.7. The first-order valence-electron chi connectivity index (χ1n) is 13.7. The molecule has 1 unspecified atom stereocenters. The summed E-state index contributed by atoms with van der Waals surface area (Å²) in [5.41, 5.74) is -0.169. The van der Waals surface area contributed by atoms with Crippen molar-refractivity contribution in [1.82, 2.24) is 15.3 Å². The first kappa shape index (κ1) is 33.1. The summed E-state index contributed by atoms with van der Waals surface area (Å²) in [6.07, 6.45) is -6.14.